The quantitative estimate of drug-likeness (QED) is 0.891. The van der Waals surface area contributed by atoms with Crippen molar-refractivity contribution < 1.29 is 9.84 Å². The van der Waals surface area contributed by atoms with Crippen molar-refractivity contribution >= 4 is 0 Å². The van der Waals surface area contributed by atoms with Crippen molar-refractivity contribution in [3.63, 3.8) is 0 Å². The fraction of sp³-hybridized carbons (Fsp3) is 0.647. The highest BCUT2D eigenvalue weighted by Gasteiger charge is 2.27. The first-order valence-electron chi connectivity index (χ1n) is 7.80. The number of rotatable bonds is 3. The third-order valence-electron chi connectivity index (χ3n) is 4.91. The molecule has 0 saturated heterocycles. The molecule has 2 aliphatic rings. The van der Waals surface area contributed by atoms with Gasteiger partial charge in [-0.2, -0.15) is 0 Å². The third-order valence-corrected chi connectivity index (χ3v) is 4.91. The van der Waals surface area contributed by atoms with Gasteiger partial charge in [-0.05, 0) is 49.8 Å². The molecular weight excluding hydrogens is 250 g/mol. The molecule has 0 amide bonds. The van der Waals surface area contributed by atoms with Crippen LogP contribution < -0.4 is 10.1 Å². The van der Waals surface area contributed by atoms with E-state index in [9.17, 15) is 5.11 Å². The van der Waals surface area contributed by atoms with Gasteiger partial charge in [0.15, 0.2) is 0 Å². The molecule has 1 aromatic carbocycles. The van der Waals surface area contributed by atoms with Crippen LogP contribution in [0.3, 0.4) is 0 Å². The lowest BCUT2D eigenvalue weighted by atomic mass is 9.95. The highest BCUT2D eigenvalue weighted by atomic mass is 16.5. The van der Waals surface area contributed by atoms with Gasteiger partial charge >= 0.3 is 0 Å². The van der Waals surface area contributed by atoms with Crippen molar-refractivity contribution in [2.45, 2.75) is 51.7 Å². The molecule has 110 valence electrons. The SMILES string of the molecule is Cc1cc2c(cc1C)C(NCC1CCCC1O)CCO2. The van der Waals surface area contributed by atoms with E-state index in [-0.39, 0.29) is 6.10 Å². The lowest BCUT2D eigenvalue weighted by Gasteiger charge is -2.29. The van der Waals surface area contributed by atoms with Crippen molar-refractivity contribution in [3.8, 4) is 5.75 Å². The fourth-order valence-electron chi connectivity index (χ4n) is 3.41. The number of aliphatic hydroxyl groups is 1. The second kappa shape index (κ2) is 5.74. The van der Waals surface area contributed by atoms with Gasteiger partial charge in [0.05, 0.1) is 12.7 Å². The molecule has 3 heteroatoms. The van der Waals surface area contributed by atoms with Crippen molar-refractivity contribution in [3.05, 3.63) is 28.8 Å². The Morgan fingerprint density at radius 3 is 2.75 bits per heavy atom. The highest BCUT2D eigenvalue weighted by molar-refractivity contribution is 5.44. The van der Waals surface area contributed by atoms with E-state index in [0.29, 0.717) is 12.0 Å². The fourth-order valence-corrected chi connectivity index (χ4v) is 3.41. The number of ether oxygens (including phenoxy) is 1. The Hall–Kier alpha value is -1.06. The zero-order chi connectivity index (χ0) is 14.1. The van der Waals surface area contributed by atoms with Gasteiger partial charge in [-0.15, -0.1) is 0 Å². The number of benzene rings is 1. The van der Waals surface area contributed by atoms with Gasteiger partial charge in [-0.1, -0.05) is 12.5 Å². The van der Waals surface area contributed by atoms with E-state index in [1.54, 1.807) is 0 Å². The topological polar surface area (TPSA) is 41.5 Å². The first-order chi connectivity index (χ1) is 9.65. The Bertz CT molecular complexity index is 486. The summed E-state index contributed by atoms with van der Waals surface area (Å²) in [5.74, 6) is 1.46. The Morgan fingerprint density at radius 2 is 2.00 bits per heavy atom. The van der Waals surface area contributed by atoms with E-state index in [1.807, 2.05) is 0 Å². The normalized spacial score (nSPS) is 29.1. The number of fused-ring (bicyclic) bond motifs is 1. The van der Waals surface area contributed by atoms with Gasteiger partial charge < -0.3 is 15.2 Å². The van der Waals surface area contributed by atoms with Crippen molar-refractivity contribution in [2.75, 3.05) is 13.2 Å². The van der Waals surface area contributed by atoms with Crippen LogP contribution in [-0.4, -0.2) is 24.4 Å². The van der Waals surface area contributed by atoms with Crippen molar-refractivity contribution in [1.82, 2.24) is 5.32 Å². The molecule has 1 heterocycles. The van der Waals surface area contributed by atoms with Crippen LogP contribution in [0.15, 0.2) is 12.1 Å². The molecule has 3 atom stereocenters. The Morgan fingerprint density at radius 1 is 1.20 bits per heavy atom. The minimum Gasteiger partial charge on any atom is -0.493 e. The summed E-state index contributed by atoms with van der Waals surface area (Å²) >= 11 is 0. The van der Waals surface area contributed by atoms with Crippen LogP contribution in [0.5, 0.6) is 5.75 Å². The average molecular weight is 275 g/mol. The molecule has 1 saturated carbocycles. The van der Waals surface area contributed by atoms with Gasteiger partial charge in [-0.25, -0.2) is 0 Å². The summed E-state index contributed by atoms with van der Waals surface area (Å²) in [5.41, 5.74) is 3.89. The molecule has 1 aromatic rings. The standard InChI is InChI=1S/C17H25NO2/c1-11-8-14-15(6-7-20-17(14)9-12(11)2)18-10-13-4-3-5-16(13)19/h8-9,13,15-16,18-19H,3-7,10H2,1-2H3. The van der Waals surface area contributed by atoms with Crippen LogP contribution in [0.1, 0.15) is 48.4 Å². The van der Waals surface area contributed by atoms with Crippen LogP contribution in [0.4, 0.5) is 0 Å². The van der Waals surface area contributed by atoms with Gasteiger partial charge in [0.2, 0.25) is 0 Å². The number of hydrogen-bond acceptors (Lipinski definition) is 3. The second-order valence-corrected chi connectivity index (χ2v) is 6.33. The van der Waals surface area contributed by atoms with E-state index < -0.39 is 0 Å². The molecule has 0 bridgehead atoms. The predicted molar refractivity (Wildman–Crippen MR) is 80.1 cm³/mol. The van der Waals surface area contributed by atoms with E-state index in [2.05, 4.69) is 31.3 Å². The zero-order valence-corrected chi connectivity index (χ0v) is 12.5. The molecular formula is C17H25NO2. The molecule has 0 spiro atoms. The van der Waals surface area contributed by atoms with Gasteiger partial charge in [-0.3, -0.25) is 0 Å². The summed E-state index contributed by atoms with van der Waals surface area (Å²) in [6, 6.07) is 4.78. The summed E-state index contributed by atoms with van der Waals surface area (Å²) in [6.45, 7) is 5.98. The lowest BCUT2D eigenvalue weighted by molar-refractivity contribution is 0.128. The lowest BCUT2D eigenvalue weighted by Crippen LogP contribution is -2.33. The summed E-state index contributed by atoms with van der Waals surface area (Å²) in [4.78, 5) is 0. The molecule has 2 N–H and O–H groups in total. The highest BCUT2D eigenvalue weighted by Crippen LogP contribution is 2.35. The summed E-state index contributed by atoms with van der Waals surface area (Å²) in [6.07, 6.45) is 4.18. The van der Waals surface area contributed by atoms with E-state index in [0.717, 1.165) is 44.6 Å². The Kier molecular flexibility index (Phi) is 3.99. The smallest absolute Gasteiger partial charge is 0.124 e. The van der Waals surface area contributed by atoms with Crippen LogP contribution >= 0.6 is 0 Å². The molecule has 3 nitrogen and oxygen atoms in total. The second-order valence-electron chi connectivity index (χ2n) is 6.33. The maximum absolute atomic E-state index is 9.93. The van der Waals surface area contributed by atoms with Crippen molar-refractivity contribution in [2.24, 2.45) is 5.92 Å². The number of aliphatic hydroxyl groups excluding tert-OH is 1. The molecule has 3 unspecified atom stereocenters. The van der Waals surface area contributed by atoms with Crippen LogP contribution in [0, 0.1) is 19.8 Å². The van der Waals surface area contributed by atoms with Crippen molar-refractivity contribution in [1.29, 1.82) is 0 Å². The van der Waals surface area contributed by atoms with Crippen LogP contribution in [-0.2, 0) is 0 Å². The molecule has 3 rings (SSSR count). The third kappa shape index (κ3) is 2.70. The number of aryl methyl sites for hydroxylation is 2. The minimum absolute atomic E-state index is 0.110. The van der Waals surface area contributed by atoms with Crippen LogP contribution in [0.25, 0.3) is 0 Å². The Labute approximate surface area is 121 Å². The van der Waals surface area contributed by atoms with E-state index in [1.165, 1.54) is 16.7 Å². The minimum atomic E-state index is -0.110. The monoisotopic (exact) mass is 275 g/mol. The number of nitrogens with one attached hydrogen (secondary N) is 1. The molecule has 1 fully saturated rings. The summed E-state index contributed by atoms with van der Waals surface area (Å²) in [7, 11) is 0. The predicted octanol–water partition coefficient (Wildman–Crippen LogP) is 2.88. The van der Waals surface area contributed by atoms with Gasteiger partial charge in [0, 0.05) is 24.6 Å². The first kappa shape index (κ1) is 13.9. The molecule has 0 aromatic heterocycles. The van der Waals surface area contributed by atoms with Gasteiger partial charge in [0.1, 0.15) is 5.75 Å². The number of hydrogen-bond donors (Lipinski definition) is 2. The largest absolute Gasteiger partial charge is 0.493 e. The summed E-state index contributed by atoms with van der Waals surface area (Å²) in [5, 5.41) is 13.6. The molecule has 1 aliphatic heterocycles. The van der Waals surface area contributed by atoms with Crippen LogP contribution in [0.2, 0.25) is 0 Å². The molecule has 20 heavy (non-hydrogen) atoms. The molecule has 0 radical (unpaired) electrons. The zero-order valence-electron chi connectivity index (χ0n) is 12.5. The van der Waals surface area contributed by atoms with Gasteiger partial charge in [0.25, 0.3) is 0 Å². The Balaban J connectivity index is 1.71. The first-order valence-corrected chi connectivity index (χ1v) is 7.80. The maximum Gasteiger partial charge on any atom is 0.124 e. The average Bonchev–Trinajstić information content (AvgIpc) is 2.83. The molecule has 1 aliphatic carbocycles. The van der Waals surface area contributed by atoms with E-state index in [4.69, 9.17) is 4.74 Å². The maximum atomic E-state index is 9.93. The van der Waals surface area contributed by atoms with E-state index >= 15 is 0 Å². The summed E-state index contributed by atoms with van der Waals surface area (Å²) < 4.78 is 5.79.